The Balaban J connectivity index is 1.62. The normalized spacial score (nSPS) is 11.1. The van der Waals surface area contributed by atoms with Crippen molar-refractivity contribution in [2.45, 2.75) is 39.8 Å². The summed E-state index contributed by atoms with van der Waals surface area (Å²) < 4.78 is 5.80. The highest BCUT2D eigenvalue weighted by atomic mass is 16.3. The molecule has 0 saturated heterocycles. The number of benzene rings is 3. The van der Waals surface area contributed by atoms with Crippen molar-refractivity contribution in [2.75, 3.05) is 13.1 Å². The van der Waals surface area contributed by atoms with Crippen LogP contribution < -0.4 is 0 Å². The van der Waals surface area contributed by atoms with Gasteiger partial charge in [0.05, 0.1) is 19.0 Å². The molecular formula is C33H36N2O3. The number of carbonyl (C=O) groups excluding carboxylic acids is 2. The lowest BCUT2D eigenvalue weighted by atomic mass is 9.89. The Kier molecular flexibility index (Phi) is 9.15. The fourth-order valence-corrected chi connectivity index (χ4v) is 4.68. The van der Waals surface area contributed by atoms with Gasteiger partial charge in [0, 0.05) is 13.1 Å². The average Bonchev–Trinajstić information content (AvgIpc) is 3.34. The molecule has 1 heterocycles. The minimum atomic E-state index is -0.487. The zero-order valence-corrected chi connectivity index (χ0v) is 22.4. The summed E-state index contributed by atoms with van der Waals surface area (Å²) >= 11 is 0. The molecule has 3 aromatic carbocycles. The van der Waals surface area contributed by atoms with Crippen LogP contribution in [0.4, 0.5) is 0 Å². The maximum atomic E-state index is 14.2. The predicted octanol–water partition coefficient (Wildman–Crippen LogP) is 6.43. The molecule has 0 N–H and O–H groups in total. The molecule has 2 amide bonds. The number of amides is 2. The molecule has 38 heavy (non-hydrogen) atoms. The molecule has 0 radical (unpaired) electrons. The summed E-state index contributed by atoms with van der Waals surface area (Å²) in [5.41, 5.74) is 2.85. The van der Waals surface area contributed by atoms with Crippen LogP contribution in [-0.2, 0) is 22.7 Å². The summed E-state index contributed by atoms with van der Waals surface area (Å²) in [5.74, 6) is 1.06. The van der Waals surface area contributed by atoms with Crippen LogP contribution in [0.2, 0.25) is 0 Å². The molecule has 5 nitrogen and oxygen atoms in total. The average molecular weight is 509 g/mol. The monoisotopic (exact) mass is 508 g/mol. The third kappa shape index (κ3) is 7.22. The SMILES string of the molecule is Cc1ccc(CN(Cc2ccccc2)C(=O)CN(CC(C)C)C(=O)C(c2ccccc2)c2ccccc2)o1. The number of hydrogen-bond donors (Lipinski definition) is 0. The van der Waals surface area contributed by atoms with E-state index in [2.05, 4.69) is 13.8 Å². The minimum Gasteiger partial charge on any atom is -0.464 e. The van der Waals surface area contributed by atoms with Crippen molar-refractivity contribution in [1.82, 2.24) is 9.80 Å². The first-order chi connectivity index (χ1) is 18.4. The summed E-state index contributed by atoms with van der Waals surface area (Å²) in [5, 5.41) is 0. The Hall–Kier alpha value is -4.12. The van der Waals surface area contributed by atoms with Crippen molar-refractivity contribution in [3.05, 3.63) is 131 Å². The maximum Gasteiger partial charge on any atom is 0.242 e. The van der Waals surface area contributed by atoms with Crippen LogP contribution in [0.1, 0.15) is 48.0 Å². The third-order valence-corrected chi connectivity index (χ3v) is 6.45. The third-order valence-electron chi connectivity index (χ3n) is 6.45. The van der Waals surface area contributed by atoms with Crippen LogP contribution in [-0.4, -0.2) is 34.7 Å². The second-order valence-electron chi connectivity index (χ2n) is 10.1. The van der Waals surface area contributed by atoms with Crippen molar-refractivity contribution in [3.8, 4) is 0 Å². The molecule has 0 bridgehead atoms. The Morgan fingerprint density at radius 2 is 1.26 bits per heavy atom. The van der Waals surface area contributed by atoms with E-state index in [-0.39, 0.29) is 24.3 Å². The fraction of sp³-hybridized carbons (Fsp3) is 0.273. The first-order valence-corrected chi connectivity index (χ1v) is 13.2. The van der Waals surface area contributed by atoms with Gasteiger partial charge in [-0.1, -0.05) is 105 Å². The van der Waals surface area contributed by atoms with Crippen molar-refractivity contribution < 1.29 is 14.0 Å². The van der Waals surface area contributed by atoms with Gasteiger partial charge in [0.2, 0.25) is 11.8 Å². The lowest BCUT2D eigenvalue weighted by Crippen LogP contribution is -2.45. The molecule has 0 fully saturated rings. The summed E-state index contributed by atoms with van der Waals surface area (Å²) in [6.07, 6.45) is 0. The second-order valence-corrected chi connectivity index (χ2v) is 10.1. The first-order valence-electron chi connectivity index (χ1n) is 13.2. The molecule has 0 saturated carbocycles. The zero-order chi connectivity index (χ0) is 26.9. The van der Waals surface area contributed by atoms with Crippen LogP contribution in [0, 0.1) is 12.8 Å². The summed E-state index contributed by atoms with van der Waals surface area (Å²) in [4.78, 5) is 31.5. The van der Waals surface area contributed by atoms with Crippen LogP contribution in [0.25, 0.3) is 0 Å². The van der Waals surface area contributed by atoms with Crippen molar-refractivity contribution in [3.63, 3.8) is 0 Å². The second kappa shape index (κ2) is 12.9. The lowest BCUT2D eigenvalue weighted by Gasteiger charge is -2.31. The Morgan fingerprint density at radius 3 is 1.76 bits per heavy atom. The first kappa shape index (κ1) is 26.9. The molecule has 0 aliphatic carbocycles. The van der Waals surface area contributed by atoms with E-state index in [9.17, 15) is 9.59 Å². The standard InChI is InChI=1S/C33H36N2O3/c1-25(2)21-35(33(37)32(28-15-9-5-10-16-28)29-17-11-6-12-18-29)24-31(36)34(22-27-13-7-4-8-14-27)23-30-20-19-26(3)38-30/h4-20,25,32H,21-24H2,1-3H3. The highest BCUT2D eigenvalue weighted by Crippen LogP contribution is 2.27. The van der Waals surface area contributed by atoms with Crippen molar-refractivity contribution in [1.29, 1.82) is 0 Å². The molecular weight excluding hydrogens is 472 g/mol. The number of rotatable bonds is 11. The van der Waals surface area contributed by atoms with E-state index in [0.717, 1.165) is 28.2 Å². The number of aryl methyl sites for hydroxylation is 1. The summed E-state index contributed by atoms with van der Waals surface area (Å²) in [6.45, 7) is 7.29. The van der Waals surface area contributed by atoms with Gasteiger partial charge >= 0.3 is 0 Å². The molecule has 0 unspecified atom stereocenters. The van der Waals surface area contributed by atoms with E-state index in [1.54, 1.807) is 9.80 Å². The summed E-state index contributed by atoms with van der Waals surface area (Å²) in [7, 11) is 0. The molecule has 196 valence electrons. The smallest absolute Gasteiger partial charge is 0.242 e. The molecule has 4 rings (SSSR count). The van der Waals surface area contributed by atoms with E-state index < -0.39 is 5.92 Å². The van der Waals surface area contributed by atoms with Gasteiger partial charge in [-0.2, -0.15) is 0 Å². The Bertz CT molecular complexity index is 1260. The van der Waals surface area contributed by atoms with Crippen LogP contribution >= 0.6 is 0 Å². The molecule has 4 aromatic rings. The van der Waals surface area contributed by atoms with Gasteiger partial charge in [-0.3, -0.25) is 9.59 Å². The largest absolute Gasteiger partial charge is 0.464 e. The van der Waals surface area contributed by atoms with E-state index in [1.807, 2.05) is 110 Å². The van der Waals surface area contributed by atoms with Gasteiger partial charge in [-0.25, -0.2) is 0 Å². The molecule has 0 aliphatic rings. The minimum absolute atomic E-state index is 0.000293. The zero-order valence-electron chi connectivity index (χ0n) is 22.4. The predicted molar refractivity (Wildman–Crippen MR) is 150 cm³/mol. The van der Waals surface area contributed by atoms with Gasteiger partial charge < -0.3 is 14.2 Å². The molecule has 5 heteroatoms. The van der Waals surface area contributed by atoms with Gasteiger partial charge in [0.1, 0.15) is 11.5 Å². The Labute approximate surface area is 225 Å². The van der Waals surface area contributed by atoms with E-state index in [4.69, 9.17) is 4.42 Å². The number of hydrogen-bond acceptors (Lipinski definition) is 3. The lowest BCUT2D eigenvalue weighted by molar-refractivity contribution is -0.142. The van der Waals surface area contributed by atoms with Crippen molar-refractivity contribution in [2.24, 2.45) is 5.92 Å². The van der Waals surface area contributed by atoms with Gasteiger partial charge in [0.25, 0.3) is 0 Å². The van der Waals surface area contributed by atoms with Gasteiger partial charge in [-0.15, -0.1) is 0 Å². The maximum absolute atomic E-state index is 14.2. The molecule has 0 spiro atoms. The van der Waals surface area contributed by atoms with Gasteiger partial charge in [0.15, 0.2) is 0 Å². The van der Waals surface area contributed by atoms with Crippen molar-refractivity contribution >= 4 is 11.8 Å². The number of carbonyl (C=O) groups is 2. The fourth-order valence-electron chi connectivity index (χ4n) is 4.68. The van der Waals surface area contributed by atoms with Crippen LogP contribution in [0.15, 0.2) is 108 Å². The molecule has 0 atom stereocenters. The van der Waals surface area contributed by atoms with Crippen LogP contribution in [0.3, 0.4) is 0 Å². The highest BCUT2D eigenvalue weighted by Gasteiger charge is 2.30. The van der Waals surface area contributed by atoms with E-state index in [1.165, 1.54) is 0 Å². The number of furan rings is 1. The van der Waals surface area contributed by atoms with Gasteiger partial charge in [-0.05, 0) is 41.7 Å². The number of nitrogens with zero attached hydrogens (tertiary/aromatic N) is 2. The molecule has 1 aromatic heterocycles. The quantitative estimate of drug-likeness (QED) is 0.234. The van der Waals surface area contributed by atoms with E-state index in [0.29, 0.717) is 19.6 Å². The van der Waals surface area contributed by atoms with Crippen LogP contribution in [0.5, 0.6) is 0 Å². The molecule has 0 aliphatic heterocycles. The Morgan fingerprint density at radius 1 is 0.711 bits per heavy atom. The summed E-state index contributed by atoms with van der Waals surface area (Å²) in [6, 6.07) is 33.3. The topological polar surface area (TPSA) is 53.8 Å². The highest BCUT2D eigenvalue weighted by molar-refractivity contribution is 5.91. The van der Waals surface area contributed by atoms with E-state index >= 15 is 0 Å².